The minimum atomic E-state index is -0.928. The summed E-state index contributed by atoms with van der Waals surface area (Å²) in [6, 6.07) is 16.6. The first-order valence-electron chi connectivity index (χ1n) is 7.18. The topological polar surface area (TPSA) is 20.2 Å². The number of halogens is 1. The molecular weight excluding hydrogens is 251 g/mol. The lowest BCUT2D eigenvalue weighted by molar-refractivity contribution is 0.00657. The number of rotatable bonds is 4. The Labute approximate surface area is 119 Å². The van der Waals surface area contributed by atoms with E-state index in [4.69, 9.17) is 0 Å². The summed E-state index contributed by atoms with van der Waals surface area (Å²) in [7, 11) is 0. The zero-order chi connectivity index (χ0) is 14.2. The normalized spacial score (nSPS) is 24.1. The smallest absolute Gasteiger partial charge is 0.123 e. The van der Waals surface area contributed by atoms with E-state index in [9.17, 15) is 9.50 Å². The molecule has 2 aromatic rings. The molecule has 3 unspecified atom stereocenters. The van der Waals surface area contributed by atoms with E-state index < -0.39 is 5.60 Å². The van der Waals surface area contributed by atoms with Crippen molar-refractivity contribution in [2.75, 3.05) is 0 Å². The molecule has 20 heavy (non-hydrogen) atoms. The summed E-state index contributed by atoms with van der Waals surface area (Å²) in [5.74, 6) is 0.271. The van der Waals surface area contributed by atoms with Crippen molar-refractivity contribution in [3.05, 3.63) is 71.5 Å². The van der Waals surface area contributed by atoms with Crippen LogP contribution in [0.25, 0.3) is 0 Å². The first kappa shape index (κ1) is 13.3. The fourth-order valence-corrected chi connectivity index (χ4v) is 3.23. The van der Waals surface area contributed by atoms with Crippen molar-refractivity contribution in [3.8, 4) is 0 Å². The largest absolute Gasteiger partial charge is 0.385 e. The van der Waals surface area contributed by atoms with Gasteiger partial charge >= 0.3 is 0 Å². The van der Waals surface area contributed by atoms with Gasteiger partial charge in [-0.25, -0.2) is 4.39 Å². The van der Waals surface area contributed by atoms with Gasteiger partial charge in [-0.05, 0) is 47.9 Å². The minimum absolute atomic E-state index is 0.177. The molecule has 104 valence electrons. The zero-order valence-electron chi connectivity index (χ0n) is 11.6. The number of aliphatic hydroxyl groups is 1. The van der Waals surface area contributed by atoms with Crippen LogP contribution < -0.4 is 0 Å². The van der Waals surface area contributed by atoms with Crippen LogP contribution in [0.1, 0.15) is 36.8 Å². The lowest BCUT2D eigenvalue weighted by Crippen LogP contribution is -2.28. The third-order valence-electron chi connectivity index (χ3n) is 4.50. The minimum Gasteiger partial charge on any atom is -0.385 e. The van der Waals surface area contributed by atoms with E-state index in [0.29, 0.717) is 17.9 Å². The molecule has 1 aliphatic rings. The molecule has 1 fully saturated rings. The third kappa shape index (κ3) is 2.25. The predicted octanol–water partition coefficient (Wildman–Crippen LogP) is 4.23. The van der Waals surface area contributed by atoms with Gasteiger partial charge in [-0.1, -0.05) is 49.4 Å². The summed E-state index contributed by atoms with van der Waals surface area (Å²) in [5.41, 5.74) is 1.03. The molecule has 0 bridgehead atoms. The van der Waals surface area contributed by atoms with E-state index in [1.54, 1.807) is 6.07 Å². The Hall–Kier alpha value is -1.67. The van der Waals surface area contributed by atoms with Gasteiger partial charge in [0.25, 0.3) is 0 Å². The van der Waals surface area contributed by atoms with Crippen LogP contribution in [0.2, 0.25) is 0 Å². The molecular formula is C18H19FO. The first-order valence-corrected chi connectivity index (χ1v) is 7.18. The molecule has 1 N–H and O–H groups in total. The quantitative estimate of drug-likeness (QED) is 0.881. The van der Waals surface area contributed by atoms with Crippen LogP contribution in [0.15, 0.2) is 54.6 Å². The third-order valence-corrected chi connectivity index (χ3v) is 4.50. The van der Waals surface area contributed by atoms with Crippen LogP contribution in [0.5, 0.6) is 0 Å². The van der Waals surface area contributed by atoms with Gasteiger partial charge in [-0.2, -0.15) is 0 Å². The molecule has 3 rings (SSSR count). The highest BCUT2D eigenvalue weighted by Crippen LogP contribution is 2.57. The number of benzene rings is 2. The van der Waals surface area contributed by atoms with Gasteiger partial charge in [0.05, 0.1) is 5.60 Å². The average Bonchev–Trinajstić information content (AvgIpc) is 3.28. The second-order valence-corrected chi connectivity index (χ2v) is 5.65. The zero-order valence-corrected chi connectivity index (χ0v) is 11.6. The fourth-order valence-electron chi connectivity index (χ4n) is 3.23. The maximum atomic E-state index is 13.4. The highest BCUT2D eigenvalue weighted by Gasteiger charge is 2.52. The molecule has 0 spiro atoms. The van der Waals surface area contributed by atoms with Gasteiger partial charge in [0.15, 0.2) is 0 Å². The van der Waals surface area contributed by atoms with Crippen molar-refractivity contribution in [3.63, 3.8) is 0 Å². The van der Waals surface area contributed by atoms with Crippen LogP contribution in [0.3, 0.4) is 0 Å². The molecule has 1 nitrogen and oxygen atoms in total. The summed E-state index contributed by atoms with van der Waals surface area (Å²) < 4.78 is 13.4. The predicted molar refractivity (Wildman–Crippen MR) is 77.9 cm³/mol. The fraction of sp³-hybridized carbons (Fsp3) is 0.333. The van der Waals surface area contributed by atoms with E-state index in [-0.39, 0.29) is 11.7 Å². The summed E-state index contributed by atoms with van der Waals surface area (Å²) in [4.78, 5) is 0. The lowest BCUT2D eigenvalue weighted by atomic mass is 9.84. The molecule has 0 saturated heterocycles. The van der Waals surface area contributed by atoms with Crippen molar-refractivity contribution >= 4 is 0 Å². The molecule has 0 heterocycles. The van der Waals surface area contributed by atoms with E-state index in [1.165, 1.54) is 17.7 Å². The Balaban J connectivity index is 1.88. The van der Waals surface area contributed by atoms with Crippen LogP contribution in [-0.4, -0.2) is 5.11 Å². The molecule has 0 amide bonds. The molecule has 2 heteroatoms. The summed E-state index contributed by atoms with van der Waals surface area (Å²) >= 11 is 0. The molecule has 1 saturated carbocycles. The number of hydrogen-bond donors (Lipinski definition) is 1. The Kier molecular flexibility index (Phi) is 3.35. The van der Waals surface area contributed by atoms with E-state index >= 15 is 0 Å². The molecule has 2 aromatic carbocycles. The molecule has 1 aliphatic carbocycles. The van der Waals surface area contributed by atoms with Gasteiger partial charge in [0, 0.05) is 0 Å². The Morgan fingerprint density at radius 1 is 1.15 bits per heavy atom. The van der Waals surface area contributed by atoms with E-state index in [1.807, 2.05) is 31.2 Å². The van der Waals surface area contributed by atoms with Crippen LogP contribution in [0, 0.1) is 11.7 Å². The van der Waals surface area contributed by atoms with Crippen molar-refractivity contribution < 1.29 is 9.50 Å². The van der Waals surface area contributed by atoms with Gasteiger partial charge in [0.2, 0.25) is 0 Å². The molecule has 0 aromatic heterocycles. The molecule has 3 atom stereocenters. The van der Waals surface area contributed by atoms with Crippen molar-refractivity contribution in [1.82, 2.24) is 0 Å². The Bertz CT molecular complexity index is 595. The molecule has 0 radical (unpaired) electrons. The lowest BCUT2D eigenvalue weighted by Gasteiger charge is -2.28. The van der Waals surface area contributed by atoms with Crippen molar-refractivity contribution in [2.24, 2.45) is 5.92 Å². The summed E-state index contributed by atoms with van der Waals surface area (Å²) in [6.45, 7) is 1.96. The monoisotopic (exact) mass is 270 g/mol. The highest BCUT2D eigenvalue weighted by atomic mass is 19.1. The van der Waals surface area contributed by atoms with Gasteiger partial charge in [0.1, 0.15) is 5.82 Å². The van der Waals surface area contributed by atoms with Gasteiger partial charge < -0.3 is 5.11 Å². The SMILES string of the molecule is CCC(O)(c1cccc(F)c1)C1CC1c1ccccc1. The van der Waals surface area contributed by atoms with Crippen LogP contribution in [-0.2, 0) is 5.60 Å². The maximum absolute atomic E-state index is 13.4. The van der Waals surface area contributed by atoms with Crippen molar-refractivity contribution in [1.29, 1.82) is 0 Å². The van der Waals surface area contributed by atoms with Gasteiger partial charge in [-0.15, -0.1) is 0 Å². The van der Waals surface area contributed by atoms with Gasteiger partial charge in [-0.3, -0.25) is 0 Å². The average molecular weight is 270 g/mol. The van der Waals surface area contributed by atoms with E-state index in [2.05, 4.69) is 12.1 Å². The first-order chi connectivity index (χ1) is 9.65. The maximum Gasteiger partial charge on any atom is 0.123 e. The second kappa shape index (κ2) is 5.02. The molecule has 0 aliphatic heterocycles. The van der Waals surface area contributed by atoms with Crippen LogP contribution >= 0.6 is 0 Å². The second-order valence-electron chi connectivity index (χ2n) is 5.65. The number of hydrogen-bond acceptors (Lipinski definition) is 1. The van der Waals surface area contributed by atoms with Crippen LogP contribution in [0.4, 0.5) is 4.39 Å². The summed E-state index contributed by atoms with van der Waals surface area (Å²) in [5, 5.41) is 11.0. The van der Waals surface area contributed by atoms with E-state index in [0.717, 1.165) is 6.42 Å². The Morgan fingerprint density at radius 3 is 2.55 bits per heavy atom. The van der Waals surface area contributed by atoms with Crippen molar-refractivity contribution in [2.45, 2.75) is 31.3 Å². The summed E-state index contributed by atoms with van der Waals surface area (Å²) in [6.07, 6.45) is 1.56. The Morgan fingerprint density at radius 2 is 1.90 bits per heavy atom. The highest BCUT2D eigenvalue weighted by molar-refractivity contribution is 5.33. The standard InChI is InChI=1S/C18H19FO/c1-2-18(20,14-9-6-10-15(19)11-14)17-12-16(17)13-7-4-3-5-8-13/h3-11,16-17,20H,2,12H2,1H3.